The maximum atomic E-state index is 13.5. The zero-order valence-corrected chi connectivity index (χ0v) is 28.4. The average Bonchev–Trinajstić information content (AvgIpc) is 3.43. The van der Waals surface area contributed by atoms with Crippen molar-refractivity contribution in [1.82, 2.24) is 24.7 Å². The molecule has 1 aromatic carbocycles. The number of aromatic nitrogens is 5. The van der Waals surface area contributed by atoms with Gasteiger partial charge in [0.1, 0.15) is 29.3 Å². The Labute approximate surface area is 270 Å². The summed E-state index contributed by atoms with van der Waals surface area (Å²) in [4.78, 5) is 26.4. The van der Waals surface area contributed by atoms with Crippen molar-refractivity contribution in [2.75, 3.05) is 18.5 Å². The number of para-hydroxylation sites is 1. The third-order valence-electron chi connectivity index (χ3n) is 7.92. The number of amides is 1. The number of fused-ring (bicyclic) bond motifs is 1. The normalized spacial score (nSPS) is 13.3. The molecule has 0 saturated carbocycles. The van der Waals surface area contributed by atoms with E-state index >= 15 is 0 Å². The molecule has 238 valence electrons. The minimum Gasteiger partial charge on any atom is -0.461 e. The highest BCUT2D eigenvalue weighted by Crippen LogP contribution is 2.42. The summed E-state index contributed by atoms with van der Waals surface area (Å²) in [5.41, 5.74) is 2.36. The molecule has 45 heavy (non-hydrogen) atoms. The van der Waals surface area contributed by atoms with Crippen molar-refractivity contribution in [2.45, 2.75) is 77.3 Å². The van der Waals surface area contributed by atoms with Gasteiger partial charge in [-0.05, 0) is 47.8 Å². The Morgan fingerprint density at radius 2 is 1.73 bits per heavy atom. The number of carbonyl (C=O) groups is 1. The minimum absolute atomic E-state index is 0.0779. The largest absolute Gasteiger partial charge is 0.461 e. The standard InChI is InChI=1S/C32H40ClN7O4Si/c1-20(2)45(21(3)4,22(5)6)43-17-23(7)42-18-27(31(41)39-28-13-8-9-14-35-28)44-32-25-16-38-40(30(25)36-19-37-32)29-24(15-34)11-10-12-26(29)33/h8-14,16,19-23,27H,17-18H2,1-7H3,(H,35,39,41)/t23-,27+/m1/s1. The van der Waals surface area contributed by atoms with Crippen LogP contribution in [0.4, 0.5) is 5.82 Å². The molecule has 4 rings (SSSR count). The molecule has 0 saturated heterocycles. The van der Waals surface area contributed by atoms with Gasteiger partial charge >= 0.3 is 0 Å². The molecule has 13 heteroatoms. The van der Waals surface area contributed by atoms with Crippen LogP contribution < -0.4 is 10.1 Å². The fourth-order valence-electron chi connectivity index (χ4n) is 5.90. The lowest BCUT2D eigenvalue weighted by Gasteiger charge is -2.42. The summed E-state index contributed by atoms with van der Waals surface area (Å²) in [6.07, 6.45) is 2.99. The summed E-state index contributed by atoms with van der Waals surface area (Å²) in [5, 5.41) is 17.6. The van der Waals surface area contributed by atoms with E-state index in [-0.39, 0.29) is 18.6 Å². The van der Waals surface area contributed by atoms with Crippen molar-refractivity contribution in [3.8, 4) is 17.6 Å². The summed E-state index contributed by atoms with van der Waals surface area (Å²) in [7, 11) is -2.10. The Balaban J connectivity index is 1.59. The molecular formula is C32H40ClN7O4Si. The van der Waals surface area contributed by atoms with Crippen LogP contribution in [0.5, 0.6) is 5.88 Å². The van der Waals surface area contributed by atoms with Crippen LogP contribution in [0.1, 0.15) is 54.0 Å². The predicted molar refractivity (Wildman–Crippen MR) is 176 cm³/mol. The van der Waals surface area contributed by atoms with Gasteiger partial charge in [-0.3, -0.25) is 4.79 Å². The Morgan fingerprint density at radius 1 is 1.00 bits per heavy atom. The van der Waals surface area contributed by atoms with E-state index in [0.29, 0.717) is 56.4 Å². The molecule has 0 aliphatic heterocycles. The number of nitriles is 1. The molecule has 0 unspecified atom stereocenters. The number of nitrogens with one attached hydrogen (secondary N) is 1. The lowest BCUT2D eigenvalue weighted by molar-refractivity contribution is -0.127. The van der Waals surface area contributed by atoms with Crippen molar-refractivity contribution in [3.05, 3.63) is 65.7 Å². The summed E-state index contributed by atoms with van der Waals surface area (Å²) < 4.78 is 20.6. The van der Waals surface area contributed by atoms with Crippen LogP contribution >= 0.6 is 11.6 Å². The average molecular weight is 650 g/mol. The van der Waals surface area contributed by atoms with Gasteiger partial charge in [-0.25, -0.2) is 19.6 Å². The van der Waals surface area contributed by atoms with E-state index in [1.807, 2.05) is 6.92 Å². The Kier molecular flexibility index (Phi) is 11.3. The molecule has 2 atom stereocenters. The fourth-order valence-corrected chi connectivity index (χ4v) is 11.7. The van der Waals surface area contributed by atoms with E-state index in [0.717, 1.165) is 0 Å². The third-order valence-corrected chi connectivity index (χ3v) is 14.3. The number of anilines is 1. The van der Waals surface area contributed by atoms with Crippen LogP contribution in [0.25, 0.3) is 16.7 Å². The second kappa shape index (κ2) is 14.9. The first-order valence-electron chi connectivity index (χ1n) is 15.0. The van der Waals surface area contributed by atoms with Crippen molar-refractivity contribution in [2.24, 2.45) is 0 Å². The second-order valence-corrected chi connectivity index (χ2v) is 17.7. The van der Waals surface area contributed by atoms with E-state index in [2.05, 4.69) is 73.0 Å². The maximum absolute atomic E-state index is 13.5. The summed E-state index contributed by atoms with van der Waals surface area (Å²) in [5.74, 6) is 0.0305. The predicted octanol–water partition coefficient (Wildman–Crippen LogP) is 6.72. The number of pyridine rings is 1. The highest BCUT2D eigenvalue weighted by atomic mass is 35.5. The monoisotopic (exact) mass is 649 g/mol. The van der Waals surface area contributed by atoms with E-state index in [4.69, 9.17) is 25.5 Å². The lowest BCUT2D eigenvalue weighted by atomic mass is 10.2. The summed E-state index contributed by atoms with van der Waals surface area (Å²) in [6, 6.07) is 12.3. The van der Waals surface area contributed by atoms with E-state index < -0.39 is 20.3 Å². The van der Waals surface area contributed by atoms with Gasteiger partial charge in [-0.2, -0.15) is 10.4 Å². The van der Waals surface area contributed by atoms with Crippen molar-refractivity contribution < 1.29 is 18.7 Å². The quantitative estimate of drug-likeness (QED) is 0.148. The van der Waals surface area contributed by atoms with Gasteiger partial charge in [0.15, 0.2) is 14.0 Å². The number of carbonyl (C=O) groups excluding carboxylic acids is 1. The van der Waals surface area contributed by atoms with Crippen molar-refractivity contribution in [1.29, 1.82) is 5.26 Å². The smallest absolute Gasteiger partial charge is 0.269 e. The van der Waals surface area contributed by atoms with E-state index in [1.54, 1.807) is 42.6 Å². The zero-order chi connectivity index (χ0) is 32.7. The SMILES string of the molecule is CC(C)[Si](OC[C@@H](C)OC[C@H](Oc1ncnc2c1cnn2-c1c(Cl)cccc1C#N)C(=O)Nc1ccccn1)(C(C)C)C(C)C. The molecular weight excluding hydrogens is 610 g/mol. The molecule has 0 radical (unpaired) electrons. The lowest BCUT2D eigenvalue weighted by Crippen LogP contribution is -2.49. The molecule has 3 heterocycles. The van der Waals surface area contributed by atoms with Gasteiger partial charge in [0.2, 0.25) is 12.0 Å². The Hall–Kier alpha value is -3.89. The number of nitrogens with zero attached hydrogens (tertiary/aromatic N) is 6. The number of benzene rings is 1. The van der Waals surface area contributed by atoms with Crippen LogP contribution in [0, 0.1) is 11.3 Å². The first-order chi connectivity index (χ1) is 21.5. The second-order valence-electron chi connectivity index (χ2n) is 11.8. The number of ether oxygens (including phenoxy) is 2. The van der Waals surface area contributed by atoms with E-state index in [9.17, 15) is 10.1 Å². The molecule has 11 nitrogen and oxygen atoms in total. The molecule has 4 aromatic rings. The van der Waals surface area contributed by atoms with Gasteiger partial charge < -0.3 is 19.2 Å². The minimum atomic E-state index is -2.10. The highest BCUT2D eigenvalue weighted by molar-refractivity contribution is 6.77. The first-order valence-corrected chi connectivity index (χ1v) is 17.5. The molecule has 0 aliphatic rings. The zero-order valence-electron chi connectivity index (χ0n) is 26.7. The number of rotatable bonds is 14. The molecule has 3 aromatic heterocycles. The van der Waals surface area contributed by atoms with E-state index in [1.165, 1.54) is 17.2 Å². The third kappa shape index (κ3) is 7.50. The van der Waals surface area contributed by atoms with Crippen molar-refractivity contribution in [3.63, 3.8) is 0 Å². The topological polar surface area (TPSA) is 137 Å². The molecule has 0 aliphatic carbocycles. The highest BCUT2D eigenvalue weighted by Gasteiger charge is 2.45. The maximum Gasteiger partial charge on any atom is 0.269 e. The molecule has 0 spiro atoms. The molecule has 1 amide bonds. The Bertz CT molecular complexity index is 1620. The van der Waals surface area contributed by atoms with Gasteiger partial charge in [0.05, 0.1) is 36.1 Å². The number of halogens is 1. The Morgan fingerprint density at radius 3 is 2.38 bits per heavy atom. The van der Waals surface area contributed by atoms with Gasteiger partial charge in [-0.1, -0.05) is 65.3 Å². The van der Waals surface area contributed by atoms with Crippen LogP contribution in [0.15, 0.2) is 55.1 Å². The summed E-state index contributed by atoms with van der Waals surface area (Å²) >= 11 is 6.45. The van der Waals surface area contributed by atoms with Crippen molar-refractivity contribution >= 4 is 42.7 Å². The van der Waals surface area contributed by atoms with Crippen LogP contribution in [-0.2, 0) is 14.0 Å². The summed E-state index contributed by atoms with van der Waals surface area (Å²) in [6.45, 7) is 15.7. The molecule has 1 N–H and O–H groups in total. The fraction of sp³-hybridized carbons (Fsp3) is 0.438. The van der Waals surface area contributed by atoms with Crippen LogP contribution in [-0.4, -0.2) is 64.4 Å². The number of hydrogen-bond donors (Lipinski definition) is 1. The van der Waals surface area contributed by atoms with Gasteiger partial charge in [-0.15, -0.1) is 0 Å². The van der Waals surface area contributed by atoms with Gasteiger partial charge in [0.25, 0.3) is 5.91 Å². The molecule has 0 bridgehead atoms. The van der Waals surface area contributed by atoms with Crippen LogP contribution in [0.2, 0.25) is 21.6 Å². The van der Waals surface area contributed by atoms with Gasteiger partial charge in [0, 0.05) is 6.20 Å². The number of hydrogen-bond acceptors (Lipinski definition) is 9. The first kappa shape index (κ1) is 34.0. The molecule has 0 fully saturated rings. The van der Waals surface area contributed by atoms with Crippen LogP contribution in [0.3, 0.4) is 0 Å².